The smallest absolute Gasteiger partial charge is 0.172 e. The molecule has 1 aliphatic rings. The fourth-order valence-electron chi connectivity index (χ4n) is 3.33. The number of thioether (sulfide) groups is 1. The number of ketones is 1. The first-order chi connectivity index (χ1) is 11.2. The Hall–Kier alpha value is -1.24. The maximum Gasteiger partial charge on any atom is 0.172 e. The average molecular weight is 335 g/mol. The number of piperidine rings is 1. The van der Waals surface area contributed by atoms with Gasteiger partial charge in [-0.15, -0.1) is 0 Å². The van der Waals surface area contributed by atoms with Gasteiger partial charge in [-0.1, -0.05) is 0 Å². The van der Waals surface area contributed by atoms with Crippen molar-refractivity contribution in [1.29, 1.82) is 0 Å². The van der Waals surface area contributed by atoms with Gasteiger partial charge in [-0.2, -0.15) is 11.8 Å². The highest BCUT2D eigenvalue weighted by molar-refractivity contribution is 7.99. The van der Waals surface area contributed by atoms with Crippen molar-refractivity contribution in [2.75, 3.05) is 31.1 Å². The number of carbonyl (C=O) groups is 2. The summed E-state index contributed by atoms with van der Waals surface area (Å²) < 4.78 is 0. The van der Waals surface area contributed by atoms with Gasteiger partial charge in [-0.25, -0.2) is 0 Å². The molecule has 0 aromatic carbocycles. The van der Waals surface area contributed by atoms with Gasteiger partial charge in [0.2, 0.25) is 0 Å². The van der Waals surface area contributed by atoms with Crippen molar-refractivity contribution in [3.05, 3.63) is 30.1 Å². The topological polar surface area (TPSA) is 85.1 Å². The van der Waals surface area contributed by atoms with Crippen LogP contribution >= 0.6 is 11.8 Å². The third-order valence-corrected chi connectivity index (χ3v) is 5.81. The lowest BCUT2D eigenvalue weighted by atomic mass is 9.66. The van der Waals surface area contributed by atoms with Crippen LogP contribution in [-0.2, 0) is 4.79 Å². The largest absolute Gasteiger partial charge is 0.330 e. The molecular weight excluding hydrogens is 310 g/mol. The van der Waals surface area contributed by atoms with Crippen LogP contribution in [0.1, 0.15) is 29.6 Å². The lowest BCUT2D eigenvalue weighted by molar-refractivity contribution is -0.109. The minimum atomic E-state index is -0.646. The van der Waals surface area contributed by atoms with Crippen molar-refractivity contribution in [2.24, 2.45) is 17.1 Å². The molecule has 0 aliphatic carbocycles. The van der Waals surface area contributed by atoms with Crippen molar-refractivity contribution in [3.8, 4) is 0 Å². The van der Waals surface area contributed by atoms with Crippen LogP contribution in [0.5, 0.6) is 0 Å². The normalized spacial score (nSPS) is 18.3. The van der Waals surface area contributed by atoms with Crippen molar-refractivity contribution >= 4 is 23.8 Å². The summed E-state index contributed by atoms with van der Waals surface area (Å²) in [7, 11) is 0. The van der Waals surface area contributed by atoms with E-state index in [1.807, 2.05) is 0 Å². The van der Waals surface area contributed by atoms with E-state index in [0.29, 0.717) is 17.9 Å². The molecule has 0 amide bonds. The molecule has 5 nitrogen and oxygen atoms in total. The van der Waals surface area contributed by atoms with Crippen LogP contribution in [0.25, 0.3) is 0 Å². The van der Waals surface area contributed by atoms with Crippen molar-refractivity contribution in [3.63, 3.8) is 0 Å². The first-order valence-corrected chi connectivity index (χ1v) is 9.27. The van der Waals surface area contributed by atoms with Crippen molar-refractivity contribution < 1.29 is 9.59 Å². The molecule has 3 N–H and O–H groups in total. The van der Waals surface area contributed by atoms with E-state index in [0.717, 1.165) is 38.0 Å². The minimum absolute atomic E-state index is 0.0501. The number of nitrogens with two attached hydrogens (primary N) is 1. The van der Waals surface area contributed by atoms with Crippen LogP contribution in [0.3, 0.4) is 0 Å². The molecule has 2 rings (SSSR count). The summed E-state index contributed by atoms with van der Waals surface area (Å²) in [6.07, 6.45) is 6.27. The monoisotopic (exact) mass is 335 g/mol. The Morgan fingerprint density at radius 2 is 2.26 bits per heavy atom. The van der Waals surface area contributed by atoms with Gasteiger partial charge >= 0.3 is 0 Å². The van der Waals surface area contributed by atoms with Crippen LogP contribution in [0.15, 0.2) is 24.5 Å². The summed E-state index contributed by atoms with van der Waals surface area (Å²) >= 11 is 1.67. The standard InChI is InChI=1S/C17H25N3O2S/c18-6-11-23-13-17(5-10-21,15-3-8-19-9-4-15)16(22)14-2-1-7-20-12-14/h1-2,7,10,12,15,19H,3-6,8-9,11,13,18H2. The first kappa shape index (κ1) is 18.1. The van der Waals surface area contributed by atoms with Gasteiger partial charge in [0.25, 0.3) is 0 Å². The zero-order chi connectivity index (χ0) is 16.5. The molecule has 126 valence electrons. The number of nitrogens with one attached hydrogen (secondary N) is 1. The van der Waals surface area contributed by atoms with E-state index in [-0.39, 0.29) is 18.1 Å². The summed E-state index contributed by atoms with van der Waals surface area (Å²) in [5.74, 6) is 1.70. The van der Waals surface area contributed by atoms with E-state index >= 15 is 0 Å². The Morgan fingerprint density at radius 1 is 1.48 bits per heavy atom. The highest BCUT2D eigenvalue weighted by Crippen LogP contribution is 2.42. The van der Waals surface area contributed by atoms with E-state index in [1.54, 1.807) is 36.3 Å². The molecule has 1 atom stereocenters. The molecule has 0 bridgehead atoms. The van der Waals surface area contributed by atoms with Crippen LogP contribution in [0.2, 0.25) is 0 Å². The number of Topliss-reactive ketones (excluding diaryl/α,β-unsaturated/α-hetero) is 1. The van der Waals surface area contributed by atoms with Crippen LogP contribution in [-0.4, -0.2) is 48.2 Å². The average Bonchev–Trinajstić information content (AvgIpc) is 2.62. The third kappa shape index (κ3) is 4.40. The Balaban J connectivity index is 2.33. The minimum Gasteiger partial charge on any atom is -0.330 e. The molecule has 1 unspecified atom stereocenters. The molecule has 2 heterocycles. The number of hydrogen-bond donors (Lipinski definition) is 2. The van der Waals surface area contributed by atoms with E-state index < -0.39 is 5.41 Å². The summed E-state index contributed by atoms with van der Waals surface area (Å²) in [6, 6.07) is 3.57. The Kier molecular flexibility index (Phi) is 7.20. The van der Waals surface area contributed by atoms with Gasteiger partial charge in [0, 0.05) is 42.4 Å². The summed E-state index contributed by atoms with van der Waals surface area (Å²) in [4.78, 5) is 28.8. The van der Waals surface area contributed by atoms with Crippen molar-refractivity contribution in [2.45, 2.75) is 19.3 Å². The summed E-state index contributed by atoms with van der Waals surface area (Å²) in [5, 5.41) is 3.34. The second-order valence-electron chi connectivity index (χ2n) is 5.96. The molecule has 0 radical (unpaired) electrons. The lowest BCUT2D eigenvalue weighted by Gasteiger charge is -2.40. The second-order valence-corrected chi connectivity index (χ2v) is 7.07. The molecule has 23 heavy (non-hydrogen) atoms. The molecule has 1 saturated heterocycles. The molecule has 1 aromatic heterocycles. The van der Waals surface area contributed by atoms with Gasteiger partial charge in [0.05, 0.1) is 5.41 Å². The zero-order valence-electron chi connectivity index (χ0n) is 13.4. The number of aromatic nitrogens is 1. The van der Waals surface area contributed by atoms with Crippen LogP contribution < -0.4 is 11.1 Å². The fourth-order valence-corrected chi connectivity index (χ4v) is 4.49. The Morgan fingerprint density at radius 3 is 2.87 bits per heavy atom. The predicted octanol–water partition coefficient (Wildman–Crippen LogP) is 1.53. The van der Waals surface area contributed by atoms with Crippen LogP contribution in [0.4, 0.5) is 0 Å². The van der Waals surface area contributed by atoms with E-state index in [1.165, 1.54) is 0 Å². The maximum atomic E-state index is 13.3. The molecule has 1 aliphatic heterocycles. The van der Waals surface area contributed by atoms with Gasteiger partial charge in [-0.05, 0) is 44.0 Å². The lowest BCUT2D eigenvalue weighted by Crippen LogP contribution is -2.46. The molecule has 6 heteroatoms. The van der Waals surface area contributed by atoms with Gasteiger partial charge in [-0.3, -0.25) is 9.78 Å². The summed E-state index contributed by atoms with van der Waals surface area (Å²) in [6.45, 7) is 2.37. The Bertz CT molecular complexity index is 506. The molecule has 0 spiro atoms. The fraction of sp³-hybridized carbons (Fsp3) is 0.588. The SMILES string of the molecule is NCCSCC(CC=O)(C(=O)c1cccnc1)C1CCNCC1. The summed E-state index contributed by atoms with van der Waals surface area (Å²) in [5.41, 5.74) is 5.55. The molecule has 0 saturated carbocycles. The van der Waals surface area contributed by atoms with E-state index in [9.17, 15) is 9.59 Å². The van der Waals surface area contributed by atoms with Gasteiger partial charge in [0.15, 0.2) is 5.78 Å². The number of nitrogens with zero attached hydrogens (tertiary/aromatic N) is 1. The number of rotatable bonds is 9. The van der Waals surface area contributed by atoms with E-state index in [4.69, 9.17) is 5.73 Å². The second kappa shape index (κ2) is 9.15. The number of pyridine rings is 1. The maximum absolute atomic E-state index is 13.3. The Labute approximate surface area is 141 Å². The molecule has 1 aromatic rings. The third-order valence-electron chi connectivity index (χ3n) is 4.57. The van der Waals surface area contributed by atoms with E-state index in [2.05, 4.69) is 10.3 Å². The molecular formula is C17H25N3O2S. The van der Waals surface area contributed by atoms with Gasteiger partial charge in [0.1, 0.15) is 6.29 Å². The predicted molar refractivity (Wildman–Crippen MR) is 93.7 cm³/mol. The van der Waals surface area contributed by atoms with Crippen molar-refractivity contribution in [1.82, 2.24) is 10.3 Å². The number of aldehydes is 1. The number of hydrogen-bond acceptors (Lipinski definition) is 6. The highest BCUT2D eigenvalue weighted by Gasteiger charge is 2.45. The quantitative estimate of drug-likeness (QED) is 0.404. The molecule has 1 fully saturated rings. The highest BCUT2D eigenvalue weighted by atomic mass is 32.2. The van der Waals surface area contributed by atoms with Crippen LogP contribution in [0, 0.1) is 11.3 Å². The number of carbonyl (C=O) groups excluding carboxylic acids is 2. The first-order valence-electron chi connectivity index (χ1n) is 8.11. The van der Waals surface area contributed by atoms with Gasteiger partial charge < -0.3 is 15.8 Å². The zero-order valence-corrected chi connectivity index (χ0v) is 14.2.